The highest BCUT2D eigenvalue weighted by molar-refractivity contribution is 7.89. The maximum Gasteiger partial charge on any atom is 0.241 e. The molecule has 0 saturated heterocycles. The molecule has 0 bridgehead atoms. The first kappa shape index (κ1) is 18.6. The van der Waals surface area contributed by atoms with Gasteiger partial charge >= 0.3 is 0 Å². The third-order valence-corrected chi connectivity index (χ3v) is 4.98. The van der Waals surface area contributed by atoms with Gasteiger partial charge in [0.2, 0.25) is 15.9 Å². The number of nitrogens with one attached hydrogen (secondary N) is 2. The normalized spacial score (nSPS) is 13.7. The first-order chi connectivity index (χ1) is 9.98. The number of carbonyl (C=O) groups excluding carboxylic acids is 1. The van der Waals surface area contributed by atoms with Gasteiger partial charge in [-0.3, -0.25) is 4.79 Å². The maximum absolute atomic E-state index is 12.5. The predicted molar refractivity (Wildman–Crippen MR) is 88.1 cm³/mol. The van der Waals surface area contributed by atoms with Crippen LogP contribution in [0.2, 0.25) is 0 Å². The molecule has 124 valence electrons. The van der Waals surface area contributed by atoms with Gasteiger partial charge in [-0.2, -0.15) is 0 Å². The van der Waals surface area contributed by atoms with Crippen LogP contribution in [0.3, 0.4) is 0 Å². The predicted octanol–water partition coefficient (Wildman–Crippen LogP) is 1.61. The molecule has 0 heterocycles. The fraction of sp³-hybridized carbons (Fsp3) is 0.533. The monoisotopic (exact) mass is 327 g/mol. The highest BCUT2D eigenvalue weighted by atomic mass is 32.2. The van der Waals surface area contributed by atoms with Crippen molar-refractivity contribution in [1.29, 1.82) is 0 Å². The Bertz CT molecular complexity index is 648. The zero-order valence-corrected chi connectivity index (χ0v) is 14.5. The lowest BCUT2D eigenvalue weighted by Crippen LogP contribution is -2.40. The van der Waals surface area contributed by atoms with Crippen molar-refractivity contribution >= 4 is 21.6 Å². The van der Waals surface area contributed by atoms with Gasteiger partial charge in [0.1, 0.15) is 0 Å². The second-order valence-electron chi connectivity index (χ2n) is 6.41. The highest BCUT2D eigenvalue weighted by Gasteiger charge is 2.24. The van der Waals surface area contributed by atoms with Gasteiger partial charge in [0, 0.05) is 23.7 Å². The van der Waals surface area contributed by atoms with Crippen LogP contribution in [-0.4, -0.2) is 26.4 Å². The quantitative estimate of drug-likeness (QED) is 0.764. The molecule has 0 aliphatic carbocycles. The van der Waals surface area contributed by atoms with E-state index in [9.17, 15) is 13.2 Å². The van der Waals surface area contributed by atoms with Crippen LogP contribution in [0.4, 0.5) is 5.69 Å². The van der Waals surface area contributed by atoms with E-state index < -0.39 is 15.6 Å². The van der Waals surface area contributed by atoms with Crippen molar-refractivity contribution in [2.75, 3.05) is 11.9 Å². The number of rotatable bonds is 5. The summed E-state index contributed by atoms with van der Waals surface area (Å²) in [5.41, 5.74) is 5.85. The Morgan fingerprint density at radius 3 is 2.41 bits per heavy atom. The molecule has 4 N–H and O–H groups in total. The smallest absolute Gasteiger partial charge is 0.241 e. The molecule has 1 aromatic rings. The topological polar surface area (TPSA) is 101 Å². The van der Waals surface area contributed by atoms with Gasteiger partial charge in [-0.1, -0.05) is 13.0 Å². The summed E-state index contributed by atoms with van der Waals surface area (Å²) >= 11 is 0. The van der Waals surface area contributed by atoms with Crippen LogP contribution < -0.4 is 15.8 Å². The van der Waals surface area contributed by atoms with Crippen LogP contribution >= 0.6 is 0 Å². The zero-order valence-electron chi connectivity index (χ0n) is 13.7. The molecule has 0 saturated carbocycles. The van der Waals surface area contributed by atoms with Crippen molar-refractivity contribution in [2.45, 2.75) is 45.1 Å². The van der Waals surface area contributed by atoms with Crippen molar-refractivity contribution in [1.82, 2.24) is 4.72 Å². The second-order valence-corrected chi connectivity index (χ2v) is 8.06. The Kier molecular flexibility index (Phi) is 5.72. The Morgan fingerprint density at radius 1 is 1.32 bits per heavy atom. The van der Waals surface area contributed by atoms with E-state index in [-0.39, 0.29) is 23.3 Å². The van der Waals surface area contributed by atoms with Gasteiger partial charge in [0.25, 0.3) is 0 Å². The lowest BCUT2D eigenvalue weighted by molar-refractivity contribution is -0.119. The highest BCUT2D eigenvalue weighted by Crippen LogP contribution is 2.24. The maximum atomic E-state index is 12.5. The summed E-state index contributed by atoms with van der Waals surface area (Å²) in [6, 6.07) is 4.80. The van der Waals surface area contributed by atoms with Crippen LogP contribution in [0.25, 0.3) is 0 Å². The summed E-state index contributed by atoms with van der Waals surface area (Å²) < 4.78 is 27.5. The van der Waals surface area contributed by atoms with Crippen LogP contribution in [0.1, 0.15) is 33.3 Å². The minimum atomic E-state index is -3.66. The van der Waals surface area contributed by atoms with Crippen molar-refractivity contribution < 1.29 is 13.2 Å². The first-order valence-electron chi connectivity index (χ1n) is 7.12. The molecule has 0 radical (unpaired) electrons. The van der Waals surface area contributed by atoms with E-state index in [1.165, 1.54) is 6.07 Å². The van der Waals surface area contributed by atoms with E-state index in [0.717, 1.165) is 0 Å². The summed E-state index contributed by atoms with van der Waals surface area (Å²) in [7, 11) is -3.66. The minimum Gasteiger partial charge on any atom is -0.330 e. The van der Waals surface area contributed by atoms with E-state index >= 15 is 0 Å². The van der Waals surface area contributed by atoms with Gasteiger partial charge in [-0.15, -0.1) is 0 Å². The number of sulfonamides is 1. The number of hydrogen-bond acceptors (Lipinski definition) is 4. The molecule has 1 atom stereocenters. The largest absolute Gasteiger partial charge is 0.330 e. The number of carbonyl (C=O) groups is 1. The SMILES string of the molecule is Cc1c(NC(=O)C(C)CN)cccc1S(=O)(=O)NC(C)(C)C. The third-order valence-electron chi connectivity index (χ3n) is 3.07. The lowest BCUT2D eigenvalue weighted by Gasteiger charge is -2.22. The zero-order chi connectivity index (χ0) is 17.1. The Balaban J connectivity index is 3.16. The molecule has 7 heteroatoms. The molecule has 0 spiro atoms. The Morgan fingerprint density at radius 2 is 1.91 bits per heavy atom. The van der Waals surface area contributed by atoms with Gasteiger partial charge < -0.3 is 11.1 Å². The fourth-order valence-corrected chi connectivity index (χ4v) is 3.55. The minimum absolute atomic E-state index is 0.153. The van der Waals surface area contributed by atoms with Gasteiger partial charge in [-0.25, -0.2) is 13.1 Å². The molecule has 1 aromatic carbocycles. The van der Waals surface area contributed by atoms with Crippen LogP contribution in [0.15, 0.2) is 23.1 Å². The molecule has 1 amide bonds. The fourth-order valence-electron chi connectivity index (χ4n) is 1.86. The van der Waals surface area contributed by atoms with Crippen molar-refractivity contribution in [3.8, 4) is 0 Å². The average Bonchev–Trinajstić information content (AvgIpc) is 2.37. The van der Waals surface area contributed by atoms with E-state index in [2.05, 4.69) is 10.0 Å². The average molecular weight is 327 g/mol. The van der Waals surface area contributed by atoms with Gasteiger partial charge in [0.15, 0.2) is 0 Å². The molecule has 0 aromatic heterocycles. The number of nitrogens with two attached hydrogens (primary N) is 1. The van der Waals surface area contributed by atoms with Gasteiger partial charge in [0.05, 0.1) is 4.90 Å². The number of anilines is 1. The molecule has 0 fully saturated rings. The number of hydrogen-bond donors (Lipinski definition) is 3. The second kappa shape index (κ2) is 6.76. The number of benzene rings is 1. The Labute approximate surface area is 132 Å². The Hall–Kier alpha value is -1.44. The van der Waals surface area contributed by atoms with Crippen molar-refractivity contribution in [3.05, 3.63) is 23.8 Å². The van der Waals surface area contributed by atoms with E-state index in [4.69, 9.17) is 5.73 Å². The molecular weight excluding hydrogens is 302 g/mol. The first-order valence-corrected chi connectivity index (χ1v) is 8.61. The summed E-state index contributed by atoms with van der Waals surface area (Å²) in [6.45, 7) is 8.93. The van der Waals surface area contributed by atoms with Crippen LogP contribution in [-0.2, 0) is 14.8 Å². The number of amides is 1. The van der Waals surface area contributed by atoms with Crippen molar-refractivity contribution in [2.24, 2.45) is 11.7 Å². The van der Waals surface area contributed by atoms with Crippen molar-refractivity contribution in [3.63, 3.8) is 0 Å². The summed E-state index contributed by atoms with van der Waals surface area (Å²) in [5.74, 6) is -0.573. The summed E-state index contributed by atoms with van der Waals surface area (Å²) in [5, 5.41) is 2.73. The lowest BCUT2D eigenvalue weighted by atomic mass is 10.1. The standard InChI is InChI=1S/C15H25N3O3S/c1-10(9-16)14(19)17-12-7-6-8-13(11(12)2)22(20,21)18-15(3,4)5/h6-8,10,18H,9,16H2,1-5H3,(H,17,19). The van der Waals surface area contributed by atoms with Crippen LogP contribution in [0.5, 0.6) is 0 Å². The van der Waals surface area contributed by atoms with Crippen LogP contribution in [0, 0.1) is 12.8 Å². The van der Waals surface area contributed by atoms with E-state index in [1.807, 2.05) is 0 Å². The van der Waals surface area contributed by atoms with E-state index in [0.29, 0.717) is 11.3 Å². The molecule has 22 heavy (non-hydrogen) atoms. The van der Waals surface area contributed by atoms with Gasteiger partial charge in [-0.05, 0) is 45.4 Å². The van der Waals surface area contributed by atoms with E-state index in [1.54, 1.807) is 46.8 Å². The summed E-state index contributed by atoms with van der Waals surface area (Å²) in [6.07, 6.45) is 0. The molecule has 6 nitrogen and oxygen atoms in total. The molecular formula is C15H25N3O3S. The third kappa shape index (κ3) is 4.79. The molecule has 0 aliphatic rings. The molecule has 1 rings (SSSR count). The molecule has 0 aliphatic heterocycles. The summed E-state index contributed by atoms with van der Waals surface area (Å²) in [4.78, 5) is 12.1. The molecule has 1 unspecified atom stereocenters.